The largest absolute Gasteiger partial charge is 0.506 e. The highest BCUT2D eigenvalue weighted by Gasteiger charge is 2.33. The summed E-state index contributed by atoms with van der Waals surface area (Å²) in [6.45, 7) is 3.61. The van der Waals surface area contributed by atoms with E-state index in [0.717, 1.165) is 11.8 Å². The zero-order valence-corrected chi connectivity index (χ0v) is 19.2. The number of esters is 1. The van der Waals surface area contributed by atoms with Gasteiger partial charge in [0.15, 0.2) is 0 Å². The van der Waals surface area contributed by atoms with Gasteiger partial charge in [-0.3, -0.25) is 10.1 Å². The monoisotopic (exact) mass is 476 g/mol. The molecular weight excluding hydrogens is 456 g/mol. The van der Waals surface area contributed by atoms with Gasteiger partial charge < -0.3 is 14.3 Å². The van der Waals surface area contributed by atoms with Crippen molar-refractivity contribution in [3.8, 4) is 11.3 Å². The zero-order valence-electron chi connectivity index (χ0n) is 18.3. The minimum Gasteiger partial charge on any atom is -0.506 e. The minimum atomic E-state index is -0.660. The SMILES string of the molecule is CCOC(=O)C1=C(O)C(=Cc2ccc(-c3ccc([N+](=O)[O-])cc3C)o2)SC1=Nc1ccccc1. The van der Waals surface area contributed by atoms with Gasteiger partial charge in [-0.15, -0.1) is 0 Å². The van der Waals surface area contributed by atoms with E-state index in [9.17, 15) is 20.0 Å². The summed E-state index contributed by atoms with van der Waals surface area (Å²) in [5.74, 6) is 0.0651. The first-order valence-corrected chi connectivity index (χ1v) is 11.2. The van der Waals surface area contributed by atoms with E-state index in [1.54, 1.807) is 50.3 Å². The molecule has 0 fully saturated rings. The molecule has 0 unspecified atom stereocenters. The van der Waals surface area contributed by atoms with Crippen LogP contribution in [0, 0.1) is 17.0 Å². The lowest BCUT2D eigenvalue weighted by Crippen LogP contribution is -2.12. The summed E-state index contributed by atoms with van der Waals surface area (Å²) in [5.41, 5.74) is 2.05. The van der Waals surface area contributed by atoms with Crippen molar-refractivity contribution < 1.29 is 24.0 Å². The van der Waals surface area contributed by atoms with E-state index in [4.69, 9.17) is 9.15 Å². The first-order chi connectivity index (χ1) is 16.4. The fourth-order valence-corrected chi connectivity index (χ4v) is 4.37. The molecule has 8 nitrogen and oxygen atoms in total. The Hall–Kier alpha value is -4.11. The second-order valence-electron chi connectivity index (χ2n) is 7.27. The molecule has 2 heterocycles. The van der Waals surface area contributed by atoms with Crippen LogP contribution in [0.15, 0.2) is 86.3 Å². The summed E-state index contributed by atoms with van der Waals surface area (Å²) in [6, 6.07) is 17.1. The summed E-state index contributed by atoms with van der Waals surface area (Å²) in [7, 11) is 0. The van der Waals surface area contributed by atoms with Gasteiger partial charge in [-0.2, -0.15) is 0 Å². The van der Waals surface area contributed by atoms with Crippen molar-refractivity contribution >= 4 is 40.2 Å². The van der Waals surface area contributed by atoms with Gasteiger partial charge in [-0.25, -0.2) is 9.79 Å². The van der Waals surface area contributed by atoms with E-state index >= 15 is 0 Å². The number of non-ortho nitro benzene ring substituents is 1. The third kappa shape index (κ3) is 4.79. The van der Waals surface area contributed by atoms with Gasteiger partial charge in [0.1, 0.15) is 27.9 Å². The Morgan fingerprint density at radius 3 is 2.65 bits per heavy atom. The molecule has 172 valence electrons. The molecule has 0 aliphatic carbocycles. The van der Waals surface area contributed by atoms with E-state index in [1.807, 2.05) is 18.2 Å². The molecule has 1 aliphatic heterocycles. The van der Waals surface area contributed by atoms with Crippen LogP contribution in [0.2, 0.25) is 0 Å². The van der Waals surface area contributed by atoms with E-state index < -0.39 is 10.9 Å². The van der Waals surface area contributed by atoms with Crippen LogP contribution in [0.5, 0.6) is 0 Å². The molecule has 9 heteroatoms. The Balaban J connectivity index is 1.68. The number of rotatable bonds is 6. The van der Waals surface area contributed by atoms with Crippen molar-refractivity contribution in [3.05, 3.63) is 98.3 Å². The molecule has 1 N–H and O–H groups in total. The van der Waals surface area contributed by atoms with Gasteiger partial charge in [0.2, 0.25) is 0 Å². The number of furan rings is 1. The molecule has 0 saturated heterocycles. The summed E-state index contributed by atoms with van der Waals surface area (Å²) < 4.78 is 11.0. The van der Waals surface area contributed by atoms with Crippen molar-refractivity contribution in [1.82, 2.24) is 0 Å². The van der Waals surface area contributed by atoms with Crippen LogP contribution < -0.4 is 0 Å². The Bertz CT molecular complexity index is 1350. The molecule has 1 aromatic heterocycles. The third-order valence-electron chi connectivity index (χ3n) is 4.94. The second-order valence-corrected chi connectivity index (χ2v) is 8.30. The molecule has 34 heavy (non-hydrogen) atoms. The number of aryl methyl sites for hydroxylation is 1. The molecule has 0 amide bonds. The maximum Gasteiger partial charge on any atom is 0.344 e. The number of carbonyl (C=O) groups is 1. The van der Waals surface area contributed by atoms with Crippen LogP contribution in [0.4, 0.5) is 11.4 Å². The normalized spacial score (nSPS) is 15.8. The van der Waals surface area contributed by atoms with Crippen molar-refractivity contribution in [2.75, 3.05) is 6.61 Å². The maximum absolute atomic E-state index is 12.5. The highest BCUT2D eigenvalue weighted by molar-refractivity contribution is 8.18. The average Bonchev–Trinajstić information content (AvgIpc) is 3.39. The first-order valence-electron chi connectivity index (χ1n) is 10.4. The van der Waals surface area contributed by atoms with Crippen molar-refractivity contribution in [2.24, 2.45) is 4.99 Å². The van der Waals surface area contributed by atoms with Crippen molar-refractivity contribution in [3.63, 3.8) is 0 Å². The van der Waals surface area contributed by atoms with Crippen LogP contribution in [0.1, 0.15) is 18.2 Å². The molecule has 3 aromatic rings. The van der Waals surface area contributed by atoms with Crippen LogP contribution in [-0.4, -0.2) is 27.6 Å². The van der Waals surface area contributed by atoms with Gasteiger partial charge >= 0.3 is 5.97 Å². The van der Waals surface area contributed by atoms with E-state index in [2.05, 4.69) is 4.99 Å². The van der Waals surface area contributed by atoms with Crippen LogP contribution >= 0.6 is 11.8 Å². The second kappa shape index (κ2) is 9.80. The van der Waals surface area contributed by atoms with Gasteiger partial charge in [0.25, 0.3) is 5.69 Å². The number of nitro benzene ring substituents is 1. The number of aliphatic imine (C=N–C) groups is 1. The number of aliphatic hydroxyl groups is 1. The van der Waals surface area contributed by atoms with Crippen LogP contribution in [0.25, 0.3) is 17.4 Å². The van der Waals surface area contributed by atoms with Gasteiger partial charge in [-0.05, 0) is 55.8 Å². The predicted octanol–water partition coefficient (Wildman–Crippen LogP) is 6.36. The quantitative estimate of drug-likeness (QED) is 0.250. The molecule has 0 bridgehead atoms. The molecule has 0 saturated carbocycles. The molecular formula is C25H20N2O6S. The highest BCUT2D eigenvalue weighted by Crippen LogP contribution is 2.40. The Labute approximate surface area is 199 Å². The Kier molecular flexibility index (Phi) is 6.65. The standard InChI is InChI=1S/C25H20N2O6S/c1-3-32-25(29)22-23(28)21(34-24(22)26-16-7-5-4-6-8-16)14-18-10-12-20(33-18)19-11-9-17(27(30)31)13-15(19)2/h4-14,28H,3H2,1-2H3. The Morgan fingerprint density at radius 2 is 1.97 bits per heavy atom. The predicted molar refractivity (Wildman–Crippen MR) is 131 cm³/mol. The first kappa shape index (κ1) is 23.1. The van der Waals surface area contributed by atoms with Crippen LogP contribution in [0.3, 0.4) is 0 Å². The number of nitro groups is 1. The van der Waals surface area contributed by atoms with Crippen LogP contribution in [-0.2, 0) is 9.53 Å². The number of ether oxygens (including phenoxy) is 1. The lowest BCUT2D eigenvalue weighted by atomic mass is 10.1. The van der Waals surface area contributed by atoms with E-state index in [0.29, 0.717) is 38.3 Å². The summed E-state index contributed by atoms with van der Waals surface area (Å²) >= 11 is 1.14. The number of para-hydroxylation sites is 1. The molecule has 4 rings (SSSR count). The lowest BCUT2D eigenvalue weighted by Gasteiger charge is -2.03. The number of nitrogens with zero attached hydrogens (tertiary/aromatic N) is 2. The number of carbonyl (C=O) groups excluding carboxylic acids is 1. The molecule has 2 aromatic carbocycles. The lowest BCUT2D eigenvalue weighted by molar-refractivity contribution is -0.384. The van der Waals surface area contributed by atoms with Gasteiger partial charge in [-0.1, -0.05) is 30.0 Å². The highest BCUT2D eigenvalue weighted by atomic mass is 32.2. The molecule has 1 aliphatic rings. The number of benzene rings is 2. The maximum atomic E-state index is 12.5. The third-order valence-corrected chi connectivity index (χ3v) is 5.96. The van der Waals surface area contributed by atoms with Crippen molar-refractivity contribution in [2.45, 2.75) is 13.8 Å². The fourth-order valence-electron chi connectivity index (χ4n) is 3.35. The fraction of sp³-hybridized carbons (Fsp3) is 0.120. The summed E-state index contributed by atoms with van der Waals surface area (Å²) in [6.07, 6.45) is 1.61. The molecule has 0 radical (unpaired) electrons. The molecule has 0 spiro atoms. The summed E-state index contributed by atoms with van der Waals surface area (Å²) in [4.78, 5) is 28.0. The number of thioether (sulfide) groups is 1. The van der Waals surface area contributed by atoms with Gasteiger partial charge in [0, 0.05) is 17.7 Å². The smallest absolute Gasteiger partial charge is 0.344 e. The minimum absolute atomic E-state index is 0.0000500. The van der Waals surface area contributed by atoms with Gasteiger partial charge in [0.05, 0.1) is 22.1 Å². The topological polar surface area (TPSA) is 115 Å². The number of hydrogen-bond acceptors (Lipinski definition) is 8. The number of hydrogen-bond donors (Lipinski definition) is 1. The summed E-state index contributed by atoms with van der Waals surface area (Å²) in [5, 5.41) is 22.1. The Morgan fingerprint density at radius 1 is 1.21 bits per heavy atom. The number of aliphatic hydroxyl groups excluding tert-OH is 1. The average molecular weight is 477 g/mol. The van der Waals surface area contributed by atoms with E-state index in [1.165, 1.54) is 12.1 Å². The molecule has 0 atom stereocenters. The van der Waals surface area contributed by atoms with E-state index in [-0.39, 0.29) is 23.6 Å². The zero-order chi connectivity index (χ0) is 24.2. The van der Waals surface area contributed by atoms with Crippen molar-refractivity contribution in [1.29, 1.82) is 0 Å².